The molecule has 32 heavy (non-hydrogen) atoms. The molecule has 0 aliphatic heterocycles. The largest absolute Gasteiger partial charge is 0.508 e. The summed E-state index contributed by atoms with van der Waals surface area (Å²) in [6.45, 7) is 5.44. The van der Waals surface area contributed by atoms with Crippen LogP contribution in [0.15, 0.2) is 72.8 Å². The zero-order valence-electron chi connectivity index (χ0n) is 18.9. The van der Waals surface area contributed by atoms with E-state index in [0.717, 1.165) is 18.6 Å². The fourth-order valence-corrected chi connectivity index (χ4v) is 4.73. The molecule has 4 rings (SSSR count). The summed E-state index contributed by atoms with van der Waals surface area (Å²) in [6, 6.07) is 24.9. The molecule has 1 unspecified atom stereocenters. The number of ether oxygens (including phenoxy) is 3. The van der Waals surface area contributed by atoms with Gasteiger partial charge >= 0.3 is 0 Å². The van der Waals surface area contributed by atoms with Crippen molar-refractivity contribution in [2.24, 2.45) is 0 Å². The van der Waals surface area contributed by atoms with Crippen molar-refractivity contribution in [2.45, 2.75) is 44.8 Å². The third-order valence-electron chi connectivity index (χ3n) is 6.15. The van der Waals surface area contributed by atoms with Crippen LogP contribution >= 0.6 is 0 Å². The Hall–Kier alpha value is -2.82. The normalized spacial score (nSPS) is 17.8. The van der Waals surface area contributed by atoms with Gasteiger partial charge in [-0.1, -0.05) is 48.5 Å². The number of fused-ring (bicyclic) bond motifs is 1. The van der Waals surface area contributed by atoms with E-state index in [2.05, 4.69) is 48.5 Å². The summed E-state index contributed by atoms with van der Waals surface area (Å²) >= 11 is 0. The van der Waals surface area contributed by atoms with Gasteiger partial charge < -0.3 is 19.3 Å². The van der Waals surface area contributed by atoms with Crippen LogP contribution in [0.1, 0.15) is 54.4 Å². The van der Waals surface area contributed by atoms with Crippen LogP contribution in [0.25, 0.3) is 0 Å². The van der Waals surface area contributed by atoms with Gasteiger partial charge in [0.2, 0.25) is 0 Å². The van der Waals surface area contributed by atoms with Crippen molar-refractivity contribution in [1.82, 2.24) is 0 Å². The van der Waals surface area contributed by atoms with Crippen LogP contribution in [0.2, 0.25) is 0 Å². The van der Waals surface area contributed by atoms with Crippen molar-refractivity contribution in [2.75, 3.05) is 19.8 Å². The van der Waals surface area contributed by atoms with Crippen LogP contribution in [0.3, 0.4) is 0 Å². The van der Waals surface area contributed by atoms with E-state index in [4.69, 9.17) is 14.2 Å². The number of benzene rings is 3. The van der Waals surface area contributed by atoms with Crippen LogP contribution in [0.5, 0.6) is 11.5 Å². The van der Waals surface area contributed by atoms with Gasteiger partial charge in [0.25, 0.3) is 0 Å². The molecule has 4 heteroatoms. The minimum Gasteiger partial charge on any atom is -0.508 e. The molecule has 0 bridgehead atoms. The van der Waals surface area contributed by atoms with Crippen molar-refractivity contribution in [3.05, 3.63) is 95.1 Å². The molecular weight excluding hydrogens is 400 g/mol. The first kappa shape index (κ1) is 22.4. The number of rotatable bonds is 9. The Balaban J connectivity index is 1.59. The maximum absolute atomic E-state index is 10.0. The van der Waals surface area contributed by atoms with Gasteiger partial charge in [0.1, 0.15) is 18.1 Å². The molecule has 0 radical (unpaired) electrons. The smallest absolute Gasteiger partial charge is 0.191 e. The first-order chi connectivity index (χ1) is 15.7. The molecule has 0 fully saturated rings. The summed E-state index contributed by atoms with van der Waals surface area (Å²) in [6.07, 6.45) is 1.66. The number of aryl methyl sites for hydroxylation is 1. The number of hydrogen-bond donors (Lipinski definition) is 1. The maximum Gasteiger partial charge on any atom is 0.191 e. The molecule has 0 aromatic heterocycles. The monoisotopic (exact) mass is 432 g/mol. The van der Waals surface area contributed by atoms with Gasteiger partial charge in [0, 0.05) is 19.1 Å². The van der Waals surface area contributed by atoms with Gasteiger partial charge in [-0.15, -0.1) is 0 Å². The van der Waals surface area contributed by atoms with E-state index in [1.54, 1.807) is 6.07 Å². The van der Waals surface area contributed by atoms with Crippen molar-refractivity contribution in [1.29, 1.82) is 0 Å². The fraction of sp³-hybridized carbons (Fsp3) is 0.357. The molecule has 0 saturated carbocycles. The quantitative estimate of drug-likeness (QED) is 0.419. The van der Waals surface area contributed by atoms with Gasteiger partial charge in [0.15, 0.2) is 6.29 Å². The van der Waals surface area contributed by atoms with Crippen LogP contribution in [-0.2, 0) is 15.9 Å². The Morgan fingerprint density at radius 3 is 2.28 bits per heavy atom. The van der Waals surface area contributed by atoms with Crippen LogP contribution in [-0.4, -0.2) is 31.2 Å². The lowest BCUT2D eigenvalue weighted by Crippen LogP contribution is -2.25. The topological polar surface area (TPSA) is 47.9 Å². The lowest BCUT2D eigenvalue weighted by Gasteiger charge is -2.35. The Labute approximate surface area is 190 Å². The summed E-state index contributed by atoms with van der Waals surface area (Å²) in [4.78, 5) is 0. The van der Waals surface area contributed by atoms with E-state index < -0.39 is 0 Å². The molecule has 4 nitrogen and oxygen atoms in total. The lowest BCUT2D eigenvalue weighted by atomic mass is 9.69. The van der Waals surface area contributed by atoms with E-state index in [0.29, 0.717) is 31.5 Å². The highest BCUT2D eigenvalue weighted by molar-refractivity contribution is 5.48. The first-order valence-corrected chi connectivity index (χ1v) is 11.5. The van der Waals surface area contributed by atoms with Crippen molar-refractivity contribution in [3.63, 3.8) is 0 Å². The van der Waals surface area contributed by atoms with Gasteiger partial charge in [-0.25, -0.2) is 0 Å². The molecule has 1 aliphatic rings. The predicted molar refractivity (Wildman–Crippen MR) is 126 cm³/mol. The molecule has 0 heterocycles. The Kier molecular flexibility index (Phi) is 7.46. The molecule has 1 N–H and O–H groups in total. The molecule has 0 amide bonds. The average molecular weight is 433 g/mol. The maximum atomic E-state index is 10.0. The van der Waals surface area contributed by atoms with Crippen molar-refractivity contribution < 1.29 is 19.3 Å². The zero-order chi connectivity index (χ0) is 22.3. The molecule has 2 atom stereocenters. The number of aromatic hydroxyl groups is 1. The highest BCUT2D eigenvalue weighted by Gasteiger charge is 2.32. The van der Waals surface area contributed by atoms with Gasteiger partial charge in [-0.05, 0) is 79.1 Å². The second-order valence-electron chi connectivity index (χ2n) is 8.14. The van der Waals surface area contributed by atoms with Crippen LogP contribution < -0.4 is 4.74 Å². The predicted octanol–water partition coefficient (Wildman–Crippen LogP) is 6.03. The summed E-state index contributed by atoms with van der Waals surface area (Å²) in [5.74, 6) is 1.76. The molecule has 168 valence electrons. The summed E-state index contributed by atoms with van der Waals surface area (Å²) in [7, 11) is 0. The highest BCUT2D eigenvalue weighted by Crippen LogP contribution is 2.47. The summed E-state index contributed by atoms with van der Waals surface area (Å²) < 4.78 is 17.1. The number of phenols is 1. The Bertz CT molecular complexity index is 978. The highest BCUT2D eigenvalue weighted by atomic mass is 16.7. The van der Waals surface area contributed by atoms with E-state index in [1.807, 2.05) is 32.0 Å². The van der Waals surface area contributed by atoms with Crippen LogP contribution in [0.4, 0.5) is 0 Å². The summed E-state index contributed by atoms with van der Waals surface area (Å²) in [5, 5.41) is 10.0. The molecule has 0 saturated heterocycles. The second kappa shape index (κ2) is 10.7. The lowest BCUT2D eigenvalue weighted by molar-refractivity contribution is -0.152. The van der Waals surface area contributed by atoms with Crippen molar-refractivity contribution in [3.8, 4) is 11.5 Å². The zero-order valence-corrected chi connectivity index (χ0v) is 18.9. The van der Waals surface area contributed by atoms with Gasteiger partial charge in [0.05, 0.1) is 0 Å². The van der Waals surface area contributed by atoms with E-state index in [1.165, 1.54) is 22.3 Å². The average Bonchev–Trinajstić information content (AvgIpc) is 2.83. The molecule has 1 aliphatic carbocycles. The standard InChI is InChI=1S/C28H32O4/c1-3-30-27(31-4-2)19-32-24-14-10-21(11-15-24)28-25(20-8-6-5-7-9-20)16-12-22-18-23(29)13-17-26(22)28/h5-11,13-15,17-18,25,27-29H,3-4,12,16,19H2,1-2H3/t25-,28?/m0/s1. The Morgan fingerprint density at radius 2 is 1.59 bits per heavy atom. The molecule has 3 aromatic rings. The SMILES string of the molecule is CCOC(COc1ccc(C2c3ccc(O)cc3CC[C@H]2c2ccccc2)cc1)OCC. The molecule has 0 spiro atoms. The third kappa shape index (κ3) is 5.14. The van der Waals surface area contributed by atoms with E-state index in [9.17, 15) is 5.11 Å². The minimum absolute atomic E-state index is 0.232. The van der Waals surface area contributed by atoms with Gasteiger partial charge in [-0.3, -0.25) is 0 Å². The van der Waals surface area contributed by atoms with Crippen molar-refractivity contribution >= 4 is 0 Å². The number of hydrogen-bond acceptors (Lipinski definition) is 4. The third-order valence-corrected chi connectivity index (χ3v) is 6.15. The van der Waals surface area contributed by atoms with E-state index >= 15 is 0 Å². The molecular formula is C28H32O4. The number of phenolic OH excluding ortho intramolecular Hbond substituents is 1. The minimum atomic E-state index is -0.356. The van der Waals surface area contributed by atoms with Gasteiger partial charge in [-0.2, -0.15) is 0 Å². The molecule has 3 aromatic carbocycles. The Morgan fingerprint density at radius 1 is 0.875 bits per heavy atom. The first-order valence-electron chi connectivity index (χ1n) is 11.5. The second-order valence-corrected chi connectivity index (χ2v) is 8.14. The summed E-state index contributed by atoms with van der Waals surface area (Å²) in [5.41, 5.74) is 5.14. The van der Waals surface area contributed by atoms with E-state index in [-0.39, 0.29) is 12.2 Å². The van der Waals surface area contributed by atoms with Crippen LogP contribution in [0, 0.1) is 0 Å². The fourth-order valence-electron chi connectivity index (χ4n) is 4.73.